The fourth-order valence-corrected chi connectivity index (χ4v) is 1.83. The summed E-state index contributed by atoms with van der Waals surface area (Å²) in [6, 6.07) is 0. The zero-order valence-electron chi connectivity index (χ0n) is 7.51. The van der Waals surface area contributed by atoms with Gasteiger partial charge in [0.1, 0.15) is 0 Å². The Hall–Kier alpha value is -0.790. The van der Waals surface area contributed by atoms with Gasteiger partial charge in [-0.25, -0.2) is 0 Å². The topological polar surface area (TPSA) is 43.1 Å². The third kappa shape index (κ3) is 2.36. The van der Waals surface area contributed by atoms with Gasteiger partial charge in [0.05, 0.1) is 0 Å². The first-order valence-electron chi connectivity index (χ1n) is 4.70. The molecule has 0 unspecified atom stereocenters. The molecule has 0 spiro atoms. The Balaban J connectivity index is 2.48. The molecule has 1 aliphatic rings. The second-order valence-electron chi connectivity index (χ2n) is 3.58. The highest BCUT2D eigenvalue weighted by Gasteiger charge is 2.18. The quantitative estimate of drug-likeness (QED) is 0.496. The molecule has 1 aliphatic carbocycles. The van der Waals surface area contributed by atoms with Crippen LogP contribution in [0.3, 0.4) is 0 Å². The molecule has 2 heteroatoms. The highest BCUT2D eigenvalue weighted by atomic mass is 16.1. The third-order valence-corrected chi connectivity index (χ3v) is 2.66. The lowest BCUT2D eigenvalue weighted by Gasteiger charge is -2.13. The monoisotopic (exact) mass is 167 g/mol. The van der Waals surface area contributed by atoms with Crippen LogP contribution in [0.1, 0.15) is 38.5 Å². The molecular formula is C10H17NO. The summed E-state index contributed by atoms with van der Waals surface area (Å²) < 4.78 is 0. The normalized spacial score (nSPS) is 20.0. The van der Waals surface area contributed by atoms with Crippen LogP contribution in [0.2, 0.25) is 0 Å². The zero-order valence-corrected chi connectivity index (χ0v) is 7.51. The lowest BCUT2D eigenvalue weighted by molar-refractivity contribution is -0.115. The van der Waals surface area contributed by atoms with E-state index in [-0.39, 0.29) is 5.91 Å². The van der Waals surface area contributed by atoms with E-state index in [1.54, 1.807) is 0 Å². The van der Waals surface area contributed by atoms with Crippen molar-refractivity contribution < 1.29 is 4.79 Å². The summed E-state index contributed by atoms with van der Waals surface area (Å²) in [4.78, 5) is 10.8. The van der Waals surface area contributed by atoms with E-state index in [1.807, 2.05) is 0 Å². The summed E-state index contributed by atoms with van der Waals surface area (Å²) in [5.41, 5.74) is 5.82. The van der Waals surface area contributed by atoms with Crippen molar-refractivity contribution in [2.45, 2.75) is 38.5 Å². The van der Waals surface area contributed by atoms with Crippen LogP contribution in [0, 0.1) is 5.92 Å². The molecule has 0 aromatic heterocycles. The summed E-state index contributed by atoms with van der Waals surface area (Å²) in [5.74, 6) is 0.0481. The van der Waals surface area contributed by atoms with Gasteiger partial charge in [0, 0.05) is 5.57 Å². The molecule has 68 valence electrons. The van der Waals surface area contributed by atoms with Crippen molar-refractivity contribution in [3.8, 4) is 0 Å². The fraction of sp³-hybridized carbons (Fsp3) is 0.700. The van der Waals surface area contributed by atoms with Crippen molar-refractivity contribution in [2.75, 3.05) is 0 Å². The lowest BCUT2D eigenvalue weighted by Crippen LogP contribution is -2.19. The number of carbonyl (C=O) groups is 1. The van der Waals surface area contributed by atoms with Gasteiger partial charge in [0.25, 0.3) is 0 Å². The van der Waals surface area contributed by atoms with E-state index in [0.29, 0.717) is 11.5 Å². The van der Waals surface area contributed by atoms with E-state index in [9.17, 15) is 4.79 Å². The van der Waals surface area contributed by atoms with Crippen LogP contribution in [0.25, 0.3) is 0 Å². The minimum absolute atomic E-state index is 0.318. The molecule has 0 aromatic carbocycles. The minimum atomic E-state index is -0.318. The minimum Gasteiger partial charge on any atom is -0.366 e. The largest absolute Gasteiger partial charge is 0.366 e. The molecule has 1 saturated carbocycles. The van der Waals surface area contributed by atoms with Crippen molar-refractivity contribution in [1.29, 1.82) is 0 Å². The van der Waals surface area contributed by atoms with Crippen molar-refractivity contribution in [2.24, 2.45) is 11.7 Å². The molecule has 0 aromatic rings. The average Bonchev–Trinajstić information content (AvgIpc) is 2.30. The highest BCUT2D eigenvalue weighted by Crippen LogP contribution is 2.27. The van der Waals surface area contributed by atoms with E-state index in [0.717, 1.165) is 12.8 Å². The Morgan fingerprint density at radius 2 is 1.67 bits per heavy atom. The molecule has 0 bridgehead atoms. The maximum Gasteiger partial charge on any atom is 0.244 e. The number of rotatable bonds is 2. The molecule has 0 heterocycles. The fourth-order valence-electron chi connectivity index (χ4n) is 1.83. The highest BCUT2D eigenvalue weighted by molar-refractivity contribution is 5.91. The second kappa shape index (κ2) is 4.29. The summed E-state index contributed by atoms with van der Waals surface area (Å²) in [7, 11) is 0. The summed E-state index contributed by atoms with van der Waals surface area (Å²) in [6.45, 7) is 3.74. The maximum absolute atomic E-state index is 10.8. The van der Waals surface area contributed by atoms with E-state index in [4.69, 9.17) is 5.73 Å². The predicted molar refractivity (Wildman–Crippen MR) is 49.5 cm³/mol. The Kier molecular flexibility index (Phi) is 3.32. The van der Waals surface area contributed by atoms with Gasteiger partial charge in [-0.2, -0.15) is 0 Å². The molecule has 1 fully saturated rings. The van der Waals surface area contributed by atoms with Gasteiger partial charge < -0.3 is 5.73 Å². The Bertz CT molecular complexity index is 178. The smallest absolute Gasteiger partial charge is 0.244 e. The number of amides is 1. The van der Waals surface area contributed by atoms with Gasteiger partial charge in [0.2, 0.25) is 5.91 Å². The van der Waals surface area contributed by atoms with Gasteiger partial charge in [-0.1, -0.05) is 32.3 Å². The first-order valence-corrected chi connectivity index (χ1v) is 4.70. The van der Waals surface area contributed by atoms with Crippen LogP contribution >= 0.6 is 0 Å². The van der Waals surface area contributed by atoms with Gasteiger partial charge in [0.15, 0.2) is 0 Å². The average molecular weight is 167 g/mol. The molecule has 12 heavy (non-hydrogen) atoms. The first kappa shape index (κ1) is 9.30. The van der Waals surface area contributed by atoms with Crippen LogP contribution in [0.4, 0.5) is 0 Å². The van der Waals surface area contributed by atoms with Gasteiger partial charge >= 0.3 is 0 Å². The number of hydrogen-bond acceptors (Lipinski definition) is 1. The maximum atomic E-state index is 10.8. The van der Waals surface area contributed by atoms with Crippen molar-refractivity contribution in [3.63, 3.8) is 0 Å². The Morgan fingerprint density at radius 1 is 1.17 bits per heavy atom. The van der Waals surface area contributed by atoms with Gasteiger partial charge in [-0.05, 0) is 18.8 Å². The number of nitrogens with two attached hydrogens (primary N) is 1. The molecule has 1 amide bonds. The first-order chi connectivity index (χ1) is 5.72. The molecule has 0 aliphatic heterocycles. The van der Waals surface area contributed by atoms with Gasteiger partial charge in [-0.15, -0.1) is 0 Å². The third-order valence-electron chi connectivity index (χ3n) is 2.66. The molecule has 0 saturated heterocycles. The molecule has 2 nitrogen and oxygen atoms in total. The van der Waals surface area contributed by atoms with Crippen molar-refractivity contribution in [3.05, 3.63) is 12.2 Å². The van der Waals surface area contributed by atoms with Crippen LogP contribution in [0.15, 0.2) is 12.2 Å². The second-order valence-corrected chi connectivity index (χ2v) is 3.58. The van der Waals surface area contributed by atoms with E-state index in [1.165, 1.54) is 25.7 Å². The number of hydrogen-bond donors (Lipinski definition) is 1. The molecule has 0 radical (unpaired) electrons. The van der Waals surface area contributed by atoms with Crippen molar-refractivity contribution >= 4 is 5.91 Å². The summed E-state index contributed by atoms with van der Waals surface area (Å²) in [5, 5.41) is 0. The Labute approximate surface area is 73.8 Å². The Morgan fingerprint density at radius 3 is 2.08 bits per heavy atom. The van der Waals surface area contributed by atoms with E-state index < -0.39 is 0 Å². The van der Waals surface area contributed by atoms with Crippen LogP contribution < -0.4 is 5.73 Å². The predicted octanol–water partition coefficient (Wildman–Crippen LogP) is 2.00. The molecular weight excluding hydrogens is 150 g/mol. The summed E-state index contributed by atoms with van der Waals surface area (Å²) >= 11 is 0. The van der Waals surface area contributed by atoms with Crippen molar-refractivity contribution in [1.82, 2.24) is 0 Å². The van der Waals surface area contributed by atoms with E-state index in [2.05, 4.69) is 6.58 Å². The van der Waals surface area contributed by atoms with Crippen LogP contribution in [-0.2, 0) is 4.79 Å². The standard InChI is InChI=1S/C10H17NO/c1-8(10(11)12)9-6-4-2-3-5-7-9/h9H,1-7H2,(H2,11,12). The zero-order chi connectivity index (χ0) is 8.97. The molecule has 2 N–H and O–H groups in total. The number of primary amides is 1. The molecule has 1 rings (SSSR count). The van der Waals surface area contributed by atoms with E-state index >= 15 is 0 Å². The van der Waals surface area contributed by atoms with Crippen LogP contribution in [0.5, 0.6) is 0 Å². The van der Waals surface area contributed by atoms with Crippen LogP contribution in [-0.4, -0.2) is 5.91 Å². The summed E-state index contributed by atoms with van der Waals surface area (Å²) in [6.07, 6.45) is 7.22. The van der Waals surface area contributed by atoms with Gasteiger partial charge in [-0.3, -0.25) is 4.79 Å². The SMILES string of the molecule is C=C(C(N)=O)C1CCCCCC1. The number of carbonyl (C=O) groups excluding carboxylic acids is 1. The lowest BCUT2D eigenvalue weighted by atomic mass is 9.92. The molecule has 0 atom stereocenters.